The quantitative estimate of drug-likeness (QED) is 0.423. The molecule has 1 fully saturated rings. The molecule has 34 heavy (non-hydrogen) atoms. The van der Waals surface area contributed by atoms with Crippen LogP contribution in [0.25, 0.3) is 16.9 Å². The molecule has 6 rings (SSSR count). The van der Waals surface area contributed by atoms with E-state index in [2.05, 4.69) is 32.7 Å². The summed E-state index contributed by atoms with van der Waals surface area (Å²) in [4.78, 5) is 27.1. The molecule has 3 aromatic heterocycles. The molecule has 1 aliphatic heterocycles. The molecular formula is C25H27N7O2. The van der Waals surface area contributed by atoms with Crippen LogP contribution in [0.1, 0.15) is 49.6 Å². The van der Waals surface area contributed by atoms with Gasteiger partial charge in [0.1, 0.15) is 11.0 Å². The minimum absolute atomic E-state index is 0.111. The molecule has 9 nitrogen and oxygen atoms in total. The van der Waals surface area contributed by atoms with Crippen molar-refractivity contribution in [3.05, 3.63) is 69.8 Å². The lowest BCUT2D eigenvalue weighted by molar-refractivity contribution is 0.0738. The average Bonchev–Trinajstić information content (AvgIpc) is 3.62. The molecule has 1 saturated carbocycles. The van der Waals surface area contributed by atoms with Gasteiger partial charge >= 0.3 is 0 Å². The van der Waals surface area contributed by atoms with E-state index in [4.69, 9.17) is 4.98 Å². The fraction of sp³-hybridized carbons (Fsp3) is 0.360. The molecule has 1 aromatic carbocycles. The van der Waals surface area contributed by atoms with Crippen LogP contribution in [0.3, 0.4) is 0 Å². The highest BCUT2D eigenvalue weighted by Gasteiger charge is 2.31. The van der Waals surface area contributed by atoms with Gasteiger partial charge in [-0.1, -0.05) is 12.1 Å². The Morgan fingerprint density at radius 3 is 2.79 bits per heavy atom. The van der Waals surface area contributed by atoms with Crippen LogP contribution in [0.4, 0.5) is 11.6 Å². The molecule has 4 aromatic rings. The second kappa shape index (κ2) is 7.75. The number of aromatic nitrogens is 5. The minimum atomic E-state index is -1.10. The fourth-order valence-corrected chi connectivity index (χ4v) is 4.49. The Morgan fingerprint density at radius 1 is 1.15 bits per heavy atom. The SMILES string of the molecule is CC(C)(O)c1cccc(-n2c3nc(Nc4ccc5c(c4)CCNC5)ncc3c(=O)n2C2CC2)n1. The first-order valence-corrected chi connectivity index (χ1v) is 11.7. The molecule has 1 aliphatic carbocycles. The second-order valence-electron chi connectivity index (χ2n) is 9.60. The molecule has 2 aliphatic rings. The summed E-state index contributed by atoms with van der Waals surface area (Å²) in [5.41, 5.74) is 3.33. The highest BCUT2D eigenvalue weighted by Crippen LogP contribution is 2.35. The van der Waals surface area contributed by atoms with Gasteiger partial charge in [0, 0.05) is 18.4 Å². The molecule has 0 radical (unpaired) electrons. The van der Waals surface area contributed by atoms with Crippen molar-refractivity contribution in [3.63, 3.8) is 0 Å². The highest BCUT2D eigenvalue weighted by atomic mass is 16.3. The number of nitrogens with zero attached hydrogens (tertiary/aromatic N) is 5. The zero-order valence-corrected chi connectivity index (χ0v) is 19.2. The summed E-state index contributed by atoms with van der Waals surface area (Å²) in [6.45, 7) is 5.24. The maximum Gasteiger partial charge on any atom is 0.278 e. The Balaban J connectivity index is 1.46. The summed E-state index contributed by atoms with van der Waals surface area (Å²) in [5, 5.41) is 17.6. The molecule has 0 amide bonds. The normalized spacial score (nSPS) is 16.0. The highest BCUT2D eigenvalue weighted by molar-refractivity contribution is 5.77. The van der Waals surface area contributed by atoms with Crippen LogP contribution in [0, 0.1) is 0 Å². The summed E-state index contributed by atoms with van der Waals surface area (Å²) < 4.78 is 3.50. The lowest BCUT2D eigenvalue weighted by Gasteiger charge is -2.19. The van der Waals surface area contributed by atoms with Gasteiger partial charge < -0.3 is 15.7 Å². The van der Waals surface area contributed by atoms with Crippen LogP contribution in [-0.2, 0) is 18.6 Å². The van der Waals surface area contributed by atoms with Gasteiger partial charge in [-0.2, -0.15) is 4.98 Å². The Kier molecular flexibility index (Phi) is 4.79. The number of benzene rings is 1. The first kappa shape index (κ1) is 21.0. The van der Waals surface area contributed by atoms with Crippen LogP contribution < -0.4 is 16.2 Å². The topological polar surface area (TPSA) is 110 Å². The number of rotatable bonds is 5. The van der Waals surface area contributed by atoms with E-state index in [1.807, 2.05) is 18.2 Å². The van der Waals surface area contributed by atoms with Crippen molar-refractivity contribution in [1.82, 2.24) is 29.6 Å². The molecule has 9 heteroatoms. The van der Waals surface area contributed by atoms with Gasteiger partial charge in [0.25, 0.3) is 5.56 Å². The Hall–Kier alpha value is -3.56. The van der Waals surface area contributed by atoms with Crippen LogP contribution in [0.15, 0.2) is 47.4 Å². The summed E-state index contributed by atoms with van der Waals surface area (Å²) in [5.74, 6) is 0.964. The first-order chi connectivity index (χ1) is 16.4. The number of nitrogens with one attached hydrogen (secondary N) is 2. The van der Waals surface area contributed by atoms with E-state index in [9.17, 15) is 9.90 Å². The van der Waals surface area contributed by atoms with E-state index < -0.39 is 5.60 Å². The van der Waals surface area contributed by atoms with Crippen LogP contribution in [0.5, 0.6) is 0 Å². The van der Waals surface area contributed by atoms with Gasteiger partial charge in [0.15, 0.2) is 11.5 Å². The minimum Gasteiger partial charge on any atom is -0.384 e. The van der Waals surface area contributed by atoms with E-state index in [1.165, 1.54) is 11.1 Å². The summed E-state index contributed by atoms with van der Waals surface area (Å²) in [6, 6.07) is 11.8. The molecule has 0 unspecified atom stereocenters. The van der Waals surface area contributed by atoms with Gasteiger partial charge in [-0.05, 0) is 75.0 Å². The number of anilines is 2. The maximum absolute atomic E-state index is 13.3. The van der Waals surface area contributed by atoms with Crippen molar-refractivity contribution in [2.24, 2.45) is 0 Å². The largest absolute Gasteiger partial charge is 0.384 e. The number of fused-ring (bicyclic) bond motifs is 2. The number of hydrogen-bond acceptors (Lipinski definition) is 7. The molecule has 174 valence electrons. The molecular weight excluding hydrogens is 430 g/mol. The predicted octanol–water partition coefficient (Wildman–Crippen LogP) is 2.93. The van der Waals surface area contributed by atoms with E-state index >= 15 is 0 Å². The van der Waals surface area contributed by atoms with Gasteiger partial charge in [-0.25, -0.2) is 19.3 Å². The fourth-order valence-electron chi connectivity index (χ4n) is 4.49. The van der Waals surface area contributed by atoms with Crippen molar-refractivity contribution in [3.8, 4) is 5.82 Å². The average molecular weight is 458 g/mol. The second-order valence-corrected chi connectivity index (χ2v) is 9.60. The number of pyridine rings is 1. The number of aliphatic hydroxyl groups is 1. The Morgan fingerprint density at radius 2 is 2.00 bits per heavy atom. The first-order valence-electron chi connectivity index (χ1n) is 11.7. The van der Waals surface area contributed by atoms with Crippen molar-refractivity contribution in [2.45, 2.75) is 51.3 Å². The Bertz CT molecular complexity index is 1460. The standard InChI is InChI=1S/C25H27N7O2/c1-25(2,34)20-4-3-5-21(29-20)32-22-19(23(33)31(32)18-8-9-18)14-27-24(30-22)28-17-7-6-16-13-26-11-10-15(16)12-17/h3-7,12,14,18,26,34H,8-11,13H2,1-2H3,(H,27,28,30). The molecule has 3 N–H and O–H groups in total. The van der Waals surface area contributed by atoms with Gasteiger partial charge in [0.2, 0.25) is 5.95 Å². The molecule has 0 spiro atoms. The monoisotopic (exact) mass is 457 g/mol. The predicted molar refractivity (Wildman–Crippen MR) is 130 cm³/mol. The molecule has 0 bridgehead atoms. The third-order valence-corrected chi connectivity index (χ3v) is 6.44. The lowest BCUT2D eigenvalue weighted by atomic mass is 10.0. The van der Waals surface area contributed by atoms with Crippen molar-refractivity contribution < 1.29 is 5.11 Å². The van der Waals surface area contributed by atoms with Gasteiger partial charge in [-0.15, -0.1) is 0 Å². The van der Waals surface area contributed by atoms with Crippen molar-refractivity contribution in [2.75, 3.05) is 11.9 Å². The van der Waals surface area contributed by atoms with Crippen molar-refractivity contribution in [1.29, 1.82) is 0 Å². The number of hydrogen-bond donors (Lipinski definition) is 3. The van der Waals surface area contributed by atoms with E-state index in [0.29, 0.717) is 28.5 Å². The molecule has 0 saturated heterocycles. The van der Waals surface area contributed by atoms with Gasteiger partial charge in [-0.3, -0.25) is 4.79 Å². The van der Waals surface area contributed by atoms with E-state index in [1.54, 1.807) is 35.5 Å². The van der Waals surface area contributed by atoms with Crippen LogP contribution >= 0.6 is 0 Å². The third-order valence-electron chi connectivity index (χ3n) is 6.44. The van der Waals surface area contributed by atoms with Crippen LogP contribution in [-0.4, -0.2) is 36.0 Å². The summed E-state index contributed by atoms with van der Waals surface area (Å²) >= 11 is 0. The van der Waals surface area contributed by atoms with Gasteiger partial charge in [0.05, 0.1) is 11.7 Å². The Labute approximate surface area is 196 Å². The molecule has 4 heterocycles. The van der Waals surface area contributed by atoms with E-state index in [0.717, 1.165) is 38.0 Å². The lowest BCUT2D eigenvalue weighted by Crippen LogP contribution is -2.23. The zero-order chi connectivity index (χ0) is 23.4. The molecule has 0 atom stereocenters. The van der Waals surface area contributed by atoms with Crippen LogP contribution in [0.2, 0.25) is 0 Å². The summed E-state index contributed by atoms with van der Waals surface area (Å²) in [6.07, 6.45) is 4.44. The smallest absolute Gasteiger partial charge is 0.278 e. The zero-order valence-electron chi connectivity index (χ0n) is 19.2. The van der Waals surface area contributed by atoms with Crippen molar-refractivity contribution >= 4 is 22.7 Å². The maximum atomic E-state index is 13.3. The third kappa shape index (κ3) is 3.66. The summed E-state index contributed by atoms with van der Waals surface area (Å²) in [7, 11) is 0. The van der Waals surface area contributed by atoms with E-state index in [-0.39, 0.29) is 11.6 Å².